The Morgan fingerprint density at radius 2 is 1.28 bits per heavy atom. The molecule has 0 heteroatoms. The van der Waals surface area contributed by atoms with Gasteiger partial charge in [-0.15, -0.1) is 0 Å². The van der Waals surface area contributed by atoms with Crippen molar-refractivity contribution < 1.29 is 0 Å². The predicted molar refractivity (Wildman–Crippen MR) is 82.3 cm³/mol. The molecule has 1 rings (SSSR count). The second-order valence-electron chi connectivity index (χ2n) is 5.76. The zero-order valence-corrected chi connectivity index (χ0v) is 12.7. The largest absolute Gasteiger partial charge is 0.0654 e. The van der Waals surface area contributed by atoms with Gasteiger partial charge in [-0.2, -0.15) is 0 Å². The van der Waals surface area contributed by atoms with E-state index in [4.69, 9.17) is 0 Å². The average Bonchev–Trinajstić information content (AvgIpc) is 2.42. The molecule has 0 saturated heterocycles. The summed E-state index contributed by atoms with van der Waals surface area (Å²) in [6, 6.07) is 9.29. The standard InChI is InChI=1S/C18H30/c1-5-7-10-15(3)17-12-9-13-18(14-17)16(4)11-8-6-2/h9,12-16H,5-8,10-11H2,1-4H3. The Bertz CT molecular complexity index is 297. The topological polar surface area (TPSA) is 0 Å². The lowest BCUT2D eigenvalue weighted by Gasteiger charge is -2.16. The van der Waals surface area contributed by atoms with Crippen LogP contribution in [0.4, 0.5) is 0 Å². The van der Waals surface area contributed by atoms with Crippen molar-refractivity contribution in [2.45, 2.75) is 78.1 Å². The van der Waals surface area contributed by atoms with E-state index in [2.05, 4.69) is 52.0 Å². The van der Waals surface area contributed by atoms with Gasteiger partial charge >= 0.3 is 0 Å². The van der Waals surface area contributed by atoms with Crippen molar-refractivity contribution in [1.29, 1.82) is 0 Å². The van der Waals surface area contributed by atoms with Crippen molar-refractivity contribution in [3.63, 3.8) is 0 Å². The summed E-state index contributed by atoms with van der Waals surface area (Å²) in [7, 11) is 0. The molecule has 0 amide bonds. The Morgan fingerprint density at radius 1 is 0.833 bits per heavy atom. The third-order valence-corrected chi connectivity index (χ3v) is 4.03. The smallest absolute Gasteiger partial charge is 0.0190 e. The van der Waals surface area contributed by atoms with E-state index in [1.54, 1.807) is 0 Å². The van der Waals surface area contributed by atoms with Gasteiger partial charge in [0.05, 0.1) is 0 Å². The highest BCUT2D eigenvalue weighted by atomic mass is 14.1. The fraction of sp³-hybridized carbons (Fsp3) is 0.667. The van der Waals surface area contributed by atoms with E-state index in [-0.39, 0.29) is 0 Å². The normalized spacial score (nSPS) is 14.4. The molecule has 0 spiro atoms. The predicted octanol–water partition coefficient (Wildman–Crippen LogP) is 6.27. The van der Waals surface area contributed by atoms with Crippen LogP contribution in [0, 0.1) is 0 Å². The molecule has 1 aromatic carbocycles. The van der Waals surface area contributed by atoms with E-state index in [1.807, 2.05) is 0 Å². The van der Waals surface area contributed by atoms with Crippen LogP contribution in [-0.4, -0.2) is 0 Å². The maximum absolute atomic E-state index is 2.45. The van der Waals surface area contributed by atoms with Gasteiger partial charge in [-0.1, -0.05) is 77.6 Å². The zero-order valence-electron chi connectivity index (χ0n) is 12.7. The van der Waals surface area contributed by atoms with Crippen LogP contribution in [0.3, 0.4) is 0 Å². The highest BCUT2D eigenvalue weighted by molar-refractivity contribution is 5.28. The van der Waals surface area contributed by atoms with Crippen LogP contribution in [0.5, 0.6) is 0 Å². The third-order valence-electron chi connectivity index (χ3n) is 4.03. The van der Waals surface area contributed by atoms with Crippen LogP contribution in [0.2, 0.25) is 0 Å². The molecule has 0 radical (unpaired) electrons. The first-order chi connectivity index (χ1) is 8.69. The molecule has 2 atom stereocenters. The van der Waals surface area contributed by atoms with Gasteiger partial charge < -0.3 is 0 Å². The number of benzene rings is 1. The van der Waals surface area contributed by atoms with Gasteiger partial charge in [0.2, 0.25) is 0 Å². The fourth-order valence-electron chi connectivity index (χ4n) is 2.53. The van der Waals surface area contributed by atoms with Crippen molar-refractivity contribution in [3.05, 3.63) is 35.4 Å². The fourth-order valence-corrected chi connectivity index (χ4v) is 2.53. The Hall–Kier alpha value is -0.780. The monoisotopic (exact) mass is 246 g/mol. The molecule has 0 aliphatic heterocycles. The molecule has 0 aliphatic rings. The van der Waals surface area contributed by atoms with Gasteiger partial charge in [-0.05, 0) is 35.8 Å². The lowest BCUT2D eigenvalue weighted by Crippen LogP contribution is -1.98. The SMILES string of the molecule is CCCCC(C)c1cccc(C(C)CCCC)c1. The van der Waals surface area contributed by atoms with Gasteiger partial charge in [0.25, 0.3) is 0 Å². The van der Waals surface area contributed by atoms with Crippen molar-refractivity contribution in [2.24, 2.45) is 0 Å². The quantitative estimate of drug-likeness (QED) is 0.507. The lowest BCUT2D eigenvalue weighted by atomic mass is 9.89. The van der Waals surface area contributed by atoms with Crippen molar-refractivity contribution in [3.8, 4) is 0 Å². The molecular formula is C18H30. The average molecular weight is 246 g/mol. The maximum Gasteiger partial charge on any atom is -0.0190 e. The van der Waals surface area contributed by atoms with Gasteiger partial charge in [0, 0.05) is 0 Å². The van der Waals surface area contributed by atoms with E-state index in [0.717, 1.165) is 0 Å². The highest BCUT2D eigenvalue weighted by Crippen LogP contribution is 2.27. The molecule has 0 saturated carbocycles. The molecule has 2 unspecified atom stereocenters. The molecule has 0 nitrogen and oxygen atoms in total. The second kappa shape index (κ2) is 8.34. The molecular weight excluding hydrogens is 216 g/mol. The number of hydrogen-bond donors (Lipinski definition) is 0. The summed E-state index contributed by atoms with van der Waals surface area (Å²) in [6.07, 6.45) is 7.94. The number of hydrogen-bond acceptors (Lipinski definition) is 0. The molecule has 1 aromatic rings. The summed E-state index contributed by atoms with van der Waals surface area (Å²) in [5.41, 5.74) is 3.06. The maximum atomic E-state index is 2.45. The molecule has 0 N–H and O–H groups in total. The van der Waals surface area contributed by atoms with Gasteiger partial charge in [0.1, 0.15) is 0 Å². The minimum atomic E-state index is 0.711. The molecule has 0 aliphatic carbocycles. The van der Waals surface area contributed by atoms with E-state index < -0.39 is 0 Å². The molecule has 102 valence electrons. The van der Waals surface area contributed by atoms with Gasteiger partial charge in [-0.3, -0.25) is 0 Å². The van der Waals surface area contributed by atoms with E-state index in [1.165, 1.54) is 49.7 Å². The first-order valence-corrected chi connectivity index (χ1v) is 7.78. The van der Waals surface area contributed by atoms with Crippen molar-refractivity contribution in [1.82, 2.24) is 0 Å². The van der Waals surface area contributed by atoms with Crippen LogP contribution < -0.4 is 0 Å². The number of unbranched alkanes of at least 4 members (excludes halogenated alkanes) is 2. The van der Waals surface area contributed by atoms with Crippen LogP contribution >= 0.6 is 0 Å². The molecule has 18 heavy (non-hydrogen) atoms. The first kappa shape index (κ1) is 15.3. The Morgan fingerprint density at radius 3 is 1.67 bits per heavy atom. The number of rotatable bonds is 8. The summed E-state index contributed by atoms with van der Waals surface area (Å²) < 4.78 is 0. The summed E-state index contributed by atoms with van der Waals surface area (Å²) in [5.74, 6) is 1.42. The summed E-state index contributed by atoms with van der Waals surface area (Å²) in [5, 5.41) is 0. The Kier molecular flexibility index (Phi) is 7.08. The molecule has 0 heterocycles. The lowest BCUT2D eigenvalue weighted by molar-refractivity contribution is 0.611. The zero-order chi connectivity index (χ0) is 13.4. The minimum absolute atomic E-state index is 0.711. The first-order valence-electron chi connectivity index (χ1n) is 7.78. The highest BCUT2D eigenvalue weighted by Gasteiger charge is 2.09. The Labute approximate surface area is 114 Å². The van der Waals surface area contributed by atoms with Crippen molar-refractivity contribution in [2.75, 3.05) is 0 Å². The third kappa shape index (κ3) is 4.84. The van der Waals surface area contributed by atoms with Crippen LogP contribution in [0.25, 0.3) is 0 Å². The molecule has 0 bridgehead atoms. The minimum Gasteiger partial charge on any atom is -0.0654 e. The van der Waals surface area contributed by atoms with E-state index in [0.29, 0.717) is 11.8 Å². The van der Waals surface area contributed by atoms with Crippen LogP contribution in [0.1, 0.15) is 89.2 Å². The van der Waals surface area contributed by atoms with E-state index >= 15 is 0 Å². The summed E-state index contributed by atoms with van der Waals surface area (Å²) in [4.78, 5) is 0. The van der Waals surface area contributed by atoms with Gasteiger partial charge in [-0.25, -0.2) is 0 Å². The van der Waals surface area contributed by atoms with Crippen LogP contribution in [-0.2, 0) is 0 Å². The molecule has 0 fully saturated rings. The van der Waals surface area contributed by atoms with Gasteiger partial charge in [0.15, 0.2) is 0 Å². The summed E-state index contributed by atoms with van der Waals surface area (Å²) in [6.45, 7) is 9.28. The van der Waals surface area contributed by atoms with E-state index in [9.17, 15) is 0 Å². The molecule has 0 aromatic heterocycles. The second-order valence-corrected chi connectivity index (χ2v) is 5.76. The van der Waals surface area contributed by atoms with Crippen LogP contribution in [0.15, 0.2) is 24.3 Å². The Balaban J connectivity index is 2.66. The van der Waals surface area contributed by atoms with Crippen molar-refractivity contribution >= 4 is 0 Å². The summed E-state index contributed by atoms with van der Waals surface area (Å²) >= 11 is 0.